The molecule has 0 spiro atoms. The van der Waals surface area contributed by atoms with E-state index in [1.54, 1.807) is 25.3 Å². The quantitative estimate of drug-likeness (QED) is 0.186. The molecule has 1 aromatic carbocycles. The Bertz CT molecular complexity index is 1440. The summed E-state index contributed by atoms with van der Waals surface area (Å²) in [6.07, 6.45) is -4.05. The van der Waals surface area contributed by atoms with Gasteiger partial charge in [-0.05, 0) is 37.5 Å². The average Bonchev–Trinajstić information content (AvgIpc) is 3.70. The molecule has 45 heavy (non-hydrogen) atoms. The maximum atomic E-state index is 12.9. The van der Waals surface area contributed by atoms with Gasteiger partial charge in [-0.2, -0.15) is 0 Å². The second kappa shape index (κ2) is 13.8. The molecule has 0 bridgehead atoms. The van der Waals surface area contributed by atoms with Crippen LogP contribution in [0.5, 0.6) is 5.75 Å². The number of benzene rings is 1. The minimum atomic E-state index is -1.37. The van der Waals surface area contributed by atoms with Crippen LogP contribution in [0.3, 0.4) is 0 Å². The van der Waals surface area contributed by atoms with Gasteiger partial charge in [0.05, 0.1) is 37.5 Å². The number of aliphatic carboxylic acids is 1. The minimum absolute atomic E-state index is 0.0635. The van der Waals surface area contributed by atoms with E-state index in [1.807, 2.05) is 12.1 Å². The number of pyridine rings is 1. The molecule has 0 saturated carbocycles. The Balaban J connectivity index is 1.21. The predicted octanol–water partition coefficient (Wildman–Crippen LogP) is 3.23. The first-order valence-electron chi connectivity index (χ1n) is 13.8. The van der Waals surface area contributed by atoms with Crippen LogP contribution in [0.1, 0.15) is 41.3 Å². The maximum Gasteiger partial charge on any atom is 0.514 e. The molecule has 0 radical (unpaired) electrons. The highest BCUT2D eigenvalue weighted by Gasteiger charge is 2.53. The van der Waals surface area contributed by atoms with Gasteiger partial charge in [0.25, 0.3) is 10.2 Å². The van der Waals surface area contributed by atoms with Crippen molar-refractivity contribution in [2.24, 2.45) is 11.8 Å². The summed E-state index contributed by atoms with van der Waals surface area (Å²) in [6.45, 7) is 0.929. The molecule has 18 heteroatoms. The molecule has 17 nitrogen and oxygen atoms in total. The van der Waals surface area contributed by atoms with Gasteiger partial charge in [0.1, 0.15) is 24.9 Å². The number of halogens is 1. The normalized spacial score (nSPS) is 24.6. The van der Waals surface area contributed by atoms with Crippen LogP contribution in [0.25, 0.3) is 0 Å². The van der Waals surface area contributed by atoms with Gasteiger partial charge in [0.15, 0.2) is 11.9 Å². The van der Waals surface area contributed by atoms with Crippen molar-refractivity contribution in [3.8, 4) is 5.75 Å². The molecule has 1 N–H and O–H groups in total. The van der Waals surface area contributed by atoms with E-state index in [4.69, 9.17) is 35.3 Å². The summed E-state index contributed by atoms with van der Waals surface area (Å²) in [6, 6.07) is 7.16. The summed E-state index contributed by atoms with van der Waals surface area (Å²) in [5, 5.41) is 29.5. The van der Waals surface area contributed by atoms with E-state index in [2.05, 4.69) is 14.7 Å². The lowest BCUT2D eigenvalue weighted by molar-refractivity contribution is -0.790. The predicted molar refractivity (Wildman–Crippen MR) is 146 cm³/mol. The highest BCUT2D eigenvalue weighted by Crippen LogP contribution is 2.42. The zero-order valence-electron chi connectivity index (χ0n) is 23.6. The standard InChI is InChI=1S/C27H28ClN3O14/c1-13-22(20-11-39-23(18(20)8-29-13)14-2-4-15(28)5-3-14)44-27(34)43-21-12-41-24-19(10-40-25(21)24)17(26(32)33)7-6-16(45-31(37)38)9-42-30(35)36/h2-5,8,16-17,19,21,23-25H,6-7,9-12H2,1H3,(H,32,33)/t16-,17?,19-,21+,23-,24+,25-/m0/s1. The molecule has 2 aromatic rings. The minimum Gasteiger partial charge on any atom is -0.481 e. The van der Waals surface area contributed by atoms with Gasteiger partial charge in [-0.1, -0.05) is 23.7 Å². The molecule has 7 atom stereocenters. The van der Waals surface area contributed by atoms with Crippen LogP contribution in [-0.4, -0.2) is 76.6 Å². The first-order valence-corrected chi connectivity index (χ1v) is 14.2. The summed E-state index contributed by atoms with van der Waals surface area (Å²) in [4.78, 5) is 59.3. The molecule has 3 aliphatic heterocycles. The smallest absolute Gasteiger partial charge is 0.481 e. The molecule has 0 aliphatic carbocycles. The monoisotopic (exact) mass is 653 g/mol. The number of carbonyl (C=O) groups excluding carboxylic acids is 1. The van der Waals surface area contributed by atoms with Crippen LogP contribution < -0.4 is 4.74 Å². The Morgan fingerprint density at radius 2 is 1.82 bits per heavy atom. The summed E-state index contributed by atoms with van der Waals surface area (Å²) < 4.78 is 28.7. The fourth-order valence-corrected chi connectivity index (χ4v) is 5.95. The third-order valence-corrected chi connectivity index (χ3v) is 8.16. The van der Waals surface area contributed by atoms with E-state index in [9.17, 15) is 34.9 Å². The lowest BCUT2D eigenvalue weighted by Crippen LogP contribution is -2.37. The van der Waals surface area contributed by atoms with Crippen molar-refractivity contribution >= 4 is 23.7 Å². The van der Waals surface area contributed by atoms with Gasteiger partial charge >= 0.3 is 12.1 Å². The lowest BCUT2D eigenvalue weighted by atomic mass is 9.84. The highest BCUT2D eigenvalue weighted by atomic mass is 35.5. The Hall–Kier alpha value is -4.32. The number of carboxylic acid groups (broad SMARTS) is 1. The number of aryl methyl sites for hydroxylation is 1. The van der Waals surface area contributed by atoms with Crippen molar-refractivity contribution in [3.63, 3.8) is 0 Å². The van der Waals surface area contributed by atoms with Crippen LogP contribution in [0.4, 0.5) is 4.79 Å². The topological polar surface area (TPSA) is 218 Å². The summed E-state index contributed by atoms with van der Waals surface area (Å²) in [5.74, 6) is -2.86. The van der Waals surface area contributed by atoms with Crippen molar-refractivity contribution in [2.75, 3.05) is 19.8 Å². The number of hydrogen-bond acceptors (Lipinski definition) is 14. The number of carboxylic acids is 1. The fraction of sp³-hybridized carbons (Fsp3) is 0.519. The van der Waals surface area contributed by atoms with Crippen molar-refractivity contribution < 1.29 is 58.2 Å². The van der Waals surface area contributed by atoms with E-state index in [0.29, 0.717) is 16.3 Å². The van der Waals surface area contributed by atoms with Gasteiger partial charge in [-0.15, -0.1) is 20.2 Å². The van der Waals surface area contributed by atoms with E-state index in [0.717, 1.165) is 11.1 Å². The first-order chi connectivity index (χ1) is 21.5. The zero-order chi connectivity index (χ0) is 32.2. The van der Waals surface area contributed by atoms with E-state index in [-0.39, 0.29) is 38.4 Å². The van der Waals surface area contributed by atoms with Crippen molar-refractivity contribution in [1.82, 2.24) is 4.98 Å². The number of rotatable bonds is 13. The van der Waals surface area contributed by atoms with Crippen LogP contribution in [-0.2, 0) is 40.0 Å². The number of fused-ring (bicyclic) bond motifs is 2. The van der Waals surface area contributed by atoms with Crippen LogP contribution in [0, 0.1) is 39.0 Å². The molecule has 0 amide bonds. The number of ether oxygens (including phenoxy) is 5. The van der Waals surface area contributed by atoms with Crippen molar-refractivity contribution in [3.05, 3.63) is 78.1 Å². The third kappa shape index (κ3) is 7.33. The molecule has 242 valence electrons. The Morgan fingerprint density at radius 1 is 1.09 bits per heavy atom. The Labute approximate surface area is 259 Å². The second-order valence-electron chi connectivity index (χ2n) is 10.6. The lowest BCUT2D eigenvalue weighted by Gasteiger charge is -2.24. The average molecular weight is 654 g/mol. The summed E-state index contributed by atoms with van der Waals surface area (Å²) in [7, 11) is 0. The molecule has 2 saturated heterocycles. The van der Waals surface area contributed by atoms with E-state index in [1.165, 1.54) is 0 Å². The number of hydrogen-bond donors (Lipinski definition) is 1. The van der Waals surface area contributed by atoms with Crippen LogP contribution in [0.2, 0.25) is 5.02 Å². The van der Waals surface area contributed by atoms with Crippen LogP contribution >= 0.6 is 11.6 Å². The fourth-order valence-electron chi connectivity index (χ4n) is 5.82. The largest absolute Gasteiger partial charge is 0.514 e. The van der Waals surface area contributed by atoms with Gasteiger partial charge in [-0.25, -0.2) is 4.79 Å². The van der Waals surface area contributed by atoms with Gasteiger partial charge in [0.2, 0.25) is 0 Å². The molecule has 1 aromatic heterocycles. The first kappa shape index (κ1) is 32.1. The molecule has 3 aliphatic rings. The third-order valence-electron chi connectivity index (χ3n) is 7.91. The van der Waals surface area contributed by atoms with E-state index >= 15 is 0 Å². The zero-order valence-corrected chi connectivity index (χ0v) is 24.4. The molecular formula is C27H28ClN3O14. The number of aromatic nitrogens is 1. The van der Waals surface area contributed by atoms with Crippen molar-refractivity contribution in [2.45, 2.75) is 56.9 Å². The SMILES string of the molecule is Cc1ncc2c(c1OC(=O)O[C@@H]1CO[C@H]3[C@H]1OC[C@H]3C(CC[C@@H](CO[N+](=O)[O-])O[N+](=O)[O-])C(=O)O)CO[C@H]2c1ccc(Cl)cc1. The number of carbonyl (C=O) groups is 2. The highest BCUT2D eigenvalue weighted by molar-refractivity contribution is 6.30. The maximum absolute atomic E-state index is 12.9. The molecule has 4 heterocycles. The second-order valence-corrected chi connectivity index (χ2v) is 11.0. The number of nitrogens with zero attached hydrogens (tertiary/aromatic N) is 3. The van der Waals surface area contributed by atoms with E-state index < -0.39 is 71.3 Å². The molecule has 2 fully saturated rings. The molecule has 1 unspecified atom stereocenters. The summed E-state index contributed by atoms with van der Waals surface area (Å²) in [5.41, 5.74) is 2.66. The van der Waals surface area contributed by atoms with Crippen LogP contribution in [0.15, 0.2) is 30.5 Å². The molecule has 5 rings (SSSR count). The van der Waals surface area contributed by atoms with Gasteiger partial charge < -0.3 is 38.5 Å². The Morgan fingerprint density at radius 3 is 2.51 bits per heavy atom. The van der Waals surface area contributed by atoms with Crippen molar-refractivity contribution in [1.29, 1.82) is 0 Å². The van der Waals surface area contributed by atoms with Gasteiger partial charge in [0, 0.05) is 28.3 Å². The summed E-state index contributed by atoms with van der Waals surface area (Å²) >= 11 is 6.01. The Kier molecular flexibility index (Phi) is 9.81. The van der Waals surface area contributed by atoms with Gasteiger partial charge in [-0.3, -0.25) is 9.78 Å². The molecular weight excluding hydrogens is 626 g/mol.